The molecule has 0 saturated carbocycles. The van der Waals surface area contributed by atoms with Crippen molar-refractivity contribution in [3.05, 3.63) is 35.9 Å². The van der Waals surface area contributed by atoms with Gasteiger partial charge in [-0.15, -0.1) is 0 Å². The van der Waals surface area contributed by atoms with Gasteiger partial charge in [-0.3, -0.25) is 0 Å². The highest BCUT2D eigenvalue weighted by molar-refractivity contribution is 5.81. The lowest BCUT2D eigenvalue weighted by Gasteiger charge is -2.25. The van der Waals surface area contributed by atoms with Crippen LogP contribution >= 0.6 is 0 Å². The molecule has 0 bridgehead atoms. The SMILES string of the molecule is Cc1cc2ccccc2nc1N1CCCC(C)(O)CC1. The van der Waals surface area contributed by atoms with E-state index in [4.69, 9.17) is 4.98 Å². The topological polar surface area (TPSA) is 36.4 Å². The van der Waals surface area contributed by atoms with Gasteiger partial charge in [0.1, 0.15) is 5.82 Å². The van der Waals surface area contributed by atoms with Crippen LogP contribution in [-0.4, -0.2) is 28.8 Å². The monoisotopic (exact) mass is 270 g/mol. The van der Waals surface area contributed by atoms with Crippen LogP contribution in [0.4, 0.5) is 5.82 Å². The Hall–Kier alpha value is -1.61. The Kier molecular flexibility index (Phi) is 3.38. The van der Waals surface area contributed by atoms with Crippen LogP contribution in [0.15, 0.2) is 30.3 Å². The van der Waals surface area contributed by atoms with Crippen molar-refractivity contribution in [2.45, 2.75) is 38.7 Å². The Morgan fingerprint density at radius 2 is 2.00 bits per heavy atom. The number of fused-ring (bicyclic) bond motifs is 1. The molecule has 1 N–H and O–H groups in total. The third kappa shape index (κ3) is 2.63. The molecule has 1 aromatic carbocycles. The van der Waals surface area contributed by atoms with Gasteiger partial charge in [-0.05, 0) is 50.8 Å². The zero-order valence-corrected chi connectivity index (χ0v) is 12.3. The van der Waals surface area contributed by atoms with E-state index in [9.17, 15) is 5.11 Å². The quantitative estimate of drug-likeness (QED) is 0.864. The second-order valence-corrected chi connectivity index (χ2v) is 6.16. The van der Waals surface area contributed by atoms with Crippen LogP contribution in [0, 0.1) is 6.92 Å². The Bertz CT molecular complexity index is 621. The first-order chi connectivity index (χ1) is 9.55. The second-order valence-electron chi connectivity index (χ2n) is 6.16. The maximum atomic E-state index is 10.2. The molecule has 1 fully saturated rings. The van der Waals surface area contributed by atoms with E-state index >= 15 is 0 Å². The number of para-hydroxylation sites is 1. The van der Waals surface area contributed by atoms with Gasteiger partial charge in [-0.1, -0.05) is 18.2 Å². The molecule has 1 unspecified atom stereocenters. The van der Waals surface area contributed by atoms with Crippen molar-refractivity contribution in [3.63, 3.8) is 0 Å². The number of benzene rings is 1. The van der Waals surface area contributed by atoms with Crippen molar-refractivity contribution in [2.75, 3.05) is 18.0 Å². The van der Waals surface area contributed by atoms with E-state index in [-0.39, 0.29) is 0 Å². The first kappa shape index (κ1) is 13.4. The predicted molar refractivity (Wildman–Crippen MR) is 83.2 cm³/mol. The summed E-state index contributed by atoms with van der Waals surface area (Å²) in [6, 6.07) is 10.5. The molecule has 1 atom stereocenters. The van der Waals surface area contributed by atoms with Crippen molar-refractivity contribution in [1.82, 2.24) is 4.98 Å². The summed E-state index contributed by atoms with van der Waals surface area (Å²) < 4.78 is 0. The molecule has 2 heterocycles. The molecular formula is C17H22N2O. The molecule has 3 rings (SSSR count). The van der Waals surface area contributed by atoms with Crippen molar-refractivity contribution < 1.29 is 5.11 Å². The third-order valence-electron chi connectivity index (χ3n) is 4.25. The maximum absolute atomic E-state index is 10.2. The molecule has 0 radical (unpaired) electrons. The molecule has 1 aromatic heterocycles. The molecule has 3 nitrogen and oxygen atoms in total. The number of pyridine rings is 1. The Labute approximate surface area is 120 Å². The molecule has 0 spiro atoms. The van der Waals surface area contributed by atoms with Gasteiger partial charge in [0, 0.05) is 18.5 Å². The Morgan fingerprint density at radius 1 is 1.20 bits per heavy atom. The number of rotatable bonds is 1. The summed E-state index contributed by atoms with van der Waals surface area (Å²) in [6.07, 6.45) is 2.69. The number of aliphatic hydroxyl groups is 1. The smallest absolute Gasteiger partial charge is 0.132 e. The molecular weight excluding hydrogens is 248 g/mol. The fourth-order valence-corrected chi connectivity index (χ4v) is 3.01. The van der Waals surface area contributed by atoms with Gasteiger partial charge in [0.15, 0.2) is 0 Å². The van der Waals surface area contributed by atoms with E-state index in [0.29, 0.717) is 0 Å². The largest absolute Gasteiger partial charge is 0.390 e. The van der Waals surface area contributed by atoms with Gasteiger partial charge >= 0.3 is 0 Å². The van der Waals surface area contributed by atoms with Gasteiger partial charge in [0.2, 0.25) is 0 Å². The molecule has 106 valence electrons. The summed E-state index contributed by atoms with van der Waals surface area (Å²) in [5, 5.41) is 11.4. The average Bonchev–Trinajstić information content (AvgIpc) is 2.59. The maximum Gasteiger partial charge on any atom is 0.132 e. The van der Waals surface area contributed by atoms with Crippen LogP contribution in [0.5, 0.6) is 0 Å². The van der Waals surface area contributed by atoms with Crippen LogP contribution in [0.1, 0.15) is 31.7 Å². The van der Waals surface area contributed by atoms with Crippen LogP contribution in [0.2, 0.25) is 0 Å². The predicted octanol–water partition coefficient (Wildman–Crippen LogP) is 3.28. The summed E-state index contributed by atoms with van der Waals surface area (Å²) in [5.41, 5.74) is 1.73. The van der Waals surface area contributed by atoms with E-state index < -0.39 is 5.60 Å². The number of hydrogen-bond donors (Lipinski definition) is 1. The first-order valence-corrected chi connectivity index (χ1v) is 7.39. The first-order valence-electron chi connectivity index (χ1n) is 7.39. The highest BCUT2D eigenvalue weighted by Gasteiger charge is 2.26. The lowest BCUT2D eigenvalue weighted by Crippen LogP contribution is -2.29. The summed E-state index contributed by atoms with van der Waals surface area (Å²) in [5.74, 6) is 1.07. The van der Waals surface area contributed by atoms with E-state index in [1.54, 1.807) is 0 Å². The summed E-state index contributed by atoms with van der Waals surface area (Å²) in [7, 11) is 0. The lowest BCUT2D eigenvalue weighted by molar-refractivity contribution is 0.0481. The minimum Gasteiger partial charge on any atom is -0.390 e. The molecule has 2 aromatic rings. The third-order valence-corrected chi connectivity index (χ3v) is 4.25. The van der Waals surface area contributed by atoms with Crippen LogP contribution in [-0.2, 0) is 0 Å². The number of aromatic nitrogens is 1. The van der Waals surface area contributed by atoms with E-state index in [2.05, 4.69) is 30.0 Å². The van der Waals surface area contributed by atoms with Gasteiger partial charge < -0.3 is 10.0 Å². The van der Waals surface area contributed by atoms with E-state index in [0.717, 1.165) is 43.7 Å². The summed E-state index contributed by atoms with van der Waals surface area (Å²) in [4.78, 5) is 7.15. The highest BCUT2D eigenvalue weighted by Crippen LogP contribution is 2.28. The zero-order chi connectivity index (χ0) is 14.2. The minimum atomic E-state index is -0.528. The molecule has 0 amide bonds. The van der Waals surface area contributed by atoms with Crippen LogP contribution in [0.25, 0.3) is 10.9 Å². The standard InChI is InChI=1S/C17H22N2O/c1-13-12-14-6-3-4-7-15(14)18-16(13)19-10-5-8-17(2,20)9-11-19/h3-4,6-7,12,20H,5,8-11H2,1-2H3. The molecule has 1 aliphatic heterocycles. The van der Waals surface area contributed by atoms with Gasteiger partial charge in [0.25, 0.3) is 0 Å². The number of hydrogen-bond acceptors (Lipinski definition) is 3. The second kappa shape index (κ2) is 5.06. The molecule has 1 aliphatic rings. The van der Waals surface area contributed by atoms with Gasteiger partial charge in [-0.2, -0.15) is 0 Å². The van der Waals surface area contributed by atoms with Crippen molar-refractivity contribution in [3.8, 4) is 0 Å². The summed E-state index contributed by atoms with van der Waals surface area (Å²) >= 11 is 0. The van der Waals surface area contributed by atoms with Crippen LogP contribution < -0.4 is 4.90 Å². The van der Waals surface area contributed by atoms with Crippen molar-refractivity contribution in [1.29, 1.82) is 0 Å². The normalized spacial score (nSPS) is 23.9. The minimum absolute atomic E-state index is 0.528. The molecule has 0 aliphatic carbocycles. The molecule has 20 heavy (non-hydrogen) atoms. The highest BCUT2D eigenvalue weighted by atomic mass is 16.3. The van der Waals surface area contributed by atoms with Crippen molar-refractivity contribution in [2.24, 2.45) is 0 Å². The van der Waals surface area contributed by atoms with E-state index in [1.165, 1.54) is 10.9 Å². The zero-order valence-electron chi connectivity index (χ0n) is 12.3. The van der Waals surface area contributed by atoms with Crippen LogP contribution in [0.3, 0.4) is 0 Å². The van der Waals surface area contributed by atoms with Gasteiger partial charge in [-0.25, -0.2) is 4.98 Å². The summed E-state index contributed by atoms with van der Waals surface area (Å²) in [6.45, 7) is 5.91. The van der Waals surface area contributed by atoms with Gasteiger partial charge in [0.05, 0.1) is 11.1 Å². The average molecular weight is 270 g/mol. The Morgan fingerprint density at radius 3 is 2.85 bits per heavy atom. The van der Waals surface area contributed by atoms with Crippen molar-refractivity contribution >= 4 is 16.7 Å². The number of anilines is 1. The number of nitrogens with zero attached hydrogens (tertiary/aromatic N) is 2. The molecule has 1 saturated heterocycles. The Balaban J connectivity index is 1.95. The van der Waals surface area contributed by atoms with E-state index in [1.807, 2.05) is 19.1 Å². The molecule has 3 heteroatoms. The lowest BCUT2D eigenvalue weighted by atomic mass is 9.98. The fraction of sp³-hybridized carbons (Fsp3) is 0.471. The fourth-order valence-electron chi connectivity index (χ4n) is 3.01. The number of aryl methyl sites for hydroxylation is 1.